The van der Waals surface area contributed by atoms with Crippen LogP contribution in [-0.2, 0) is 14.8 Å². The molecule has 0 saturated carbocycles. The van der Waals surface area contributed by atoms with Gasteiger partial charge in [0.25, 0.3) is 0 Å². The fraction of sp³-hybridized carbons (Fsp3) is 0.238. The number of nitrogens with zero attached hydrogens (tertiary/aromatic N) is 2. The fourth-order valence-corrected chi connectivity index (χ4v) is 5.17. The van der Waals surface area contributed by atoms with Gasteiger partial charge < -0.3 is 15.2 Å². The first-order valence-electron chi connectivity index (χ1n) is 9.46. The zero-order chi connectivity index (χ0) is 22.2. The molecule has 3 aromatic rings. The highest BCUT2D eigenvalue weighted by molar-refractivity contribution is 7.89. The monoisotopic (exact) mass is 445 g/mol. The quantitative estimate of drug-likeness (QED) is 0.645. The number of primary amides is 1. The number of methoxy groups -OCH3 is 1. The number of nitrogens with two attached hydrogens (primary N) is 1. The zero-order valence-electron chi connectivity index (χ0n) is 16.6. The summed E-state index contributed by atoms with van der Waals surface area (Å²) in [6, 6.07) is 11.9. The molecule has 0 bridgehead atoms. The second kappa shape index (κ2) is 8.22. The van der Waals surface area contributed by atoms with Crippen LogP contribution in [0.1, 0.15) is 22.2 Å². The highest BCUT2D eigenvalue weighted by Gasteiger charge is 2.34. The predicted octanol–water partition coefficient (Wildman–Crippen LogP) is 2.24. The zero-order valence-corrected chi connectivity index (χ0v) is 17.4. The Kier molecular flexibility index (Phi) is 5.61. The Morgan fingerprint density at radius 3 is 2.77 bits per heavy atom. The van der Waals surface area contributed by atoms with E-state index < -0.39 is 27.9 Å². The first-order valence-corrected chi connectivity index (χ1v) is 10.9. The van der Waals surface area contributed by atoms with Gasteiger partial charge in [-0.15, -0.1) is 0 Å². The molecule has 1 amide bonds. The van der Waals surface area contributed by atoms with E-state index in [2.05, 4.69) is 4.98 Å². The maximum absolute atomic E-state index is 13.8. The van der Waals surface area contributed by atoms with E-state index >= 15 is 0 Å². The Labute approximate surface area is 178 Å². The molecule has 162 valence electrons. The number of pyridine rings is 1. The first kappa shape index (κ1) is 21.2. The van der Waals surface area contributed by atoms with E-state index in [1.807, 2.05) is 0 Å². The van der Waals surface area contributed by atoms with Crippen molar-refractivity contribution in [2.45, 2.75) is 11.0 Å². The van der Waals surface area contributed by atoms with Crippen LogP contribution < -0.4 is 10.5 Å². The van der Waals surface area contributed by atoms with Crippen LogP contribution in [0.4, 0.5) is 4.39 Å². The Bertz CT molecular complexity index is 1270. The van der Waals surface area contributed by atoms with Gasteiger partial charge in [-0.2, -0.15) is 4.31 Å². The van der Waals surface area contributed by atoms with Crippen LogP contribution in [-0.4, -0.2) is 50.4 Å². The van der Waals surface area contributed by atoms with E-state index in [4.69, 9.17) is 15.2 Å². The summed E-state index contributed by atoms with van der Waals surface area (Å²) in [4.78, 5) is 16.2. The van der Waals surface area contributed by atoms with Crippen molar-refractivity contribution in [2.75, 3.05) is 26.8 Å². The second-order valence-corrected chi connectivity index (χ2v) is 8.90. The number of sulfonamides is 1. The molecule has 31 heavy (non-hydrogen) atoms. The lowest BCUT2D eigenvalue weighted by Crippen LogP contribution is -2.42. The van der Waals surface area contributed by atoms with E-state index in [0.717, 1.165) is 12.1 Å². The molecule has 1 aromatic heterocycles. The number of ether oxygens (including phenoxy) is 2. The Morgan fingerprint density at radius 2 is 2.03 bits per heavy atom. The summed E-state index contributed by atoms with van der Waals surface area (Å²) in [6.45, 7) is 0.113. The van der Waals surface area contributed by atoms with Gasteiger partial charge in [0.15, 0.2) is 0 Å². The number of para-hydroxylation sites is 1. The van der Waals surface area contributed by atoms with E-state index in [0.29, 0.717) is 16.6 Å². The van der Waals surface area contributed by atoms with Gasteiger partial charge in [-0.25, -0.2) is 17.8 Å². The number of carbonyl (C=O) groups excluding carboxylic acids is 1. The highest BCUT2D eigenvalue weighted by atomic mass is 32.2. The Hall–Kier alpha value is -3.08. The summed E-state index contributed by atoms with van der Waals surface area (Å²) in [5.74, 6) is -1.26. The first-order chi connectivity index (χ1) is 14.8. The summed E-state index contributed by atoms with van der Waals surface area (Å²) in [6.07, 6.45) is -0.731. The Balaban J connectivity index is 1.71. The number of carbonyl (C=O) groups is 1. The molecule has 8 nitrogen and oxygen atoms in total. The van der Waals surface area contributed by atoms with Crippen LogP contribution in [0.25, 0.3) is 10.9 Å². The molecule has 1 fully saturated rings. The predicted molar refractivity (Wildman–Crippen MR) is 111 cm³/mol. The third kappa shape index (κ3) is 3.97. The summed E-state index contributed by atoms with van der Waals surface area (Å²) in [5.41, 5.74) is 6.74. The van der Waals surface area contributed by atoms with E-state index in [1.165, 1.54) is 23.5 Å². The smallest absolute Gasteiger partial charge is 0.249 e. The molecule has 4 rings (SSSR count). The van der Waals surface area contributed by atoms with Gasteiger partial charge in [-0.3, -0.25) is 4.79 Å². The molecule has 0 radical (unpaired) electrons. The van der Waals surface area contributed by atoms with Crippen molar-refractivity contribution in [2.24, 2.45) is 5.73 Å². The summed E-state index contributed by atoms with van der Waals surface area (Å²) in [5, 5.41) is 0.600. The molecule has 0 spiro atoms. The van der Waals surface area contributed by atoms with E-state index in [-0.39, 0.29) is 35.9 Å². The topological polar surface area (TPSA) is 112 Å². The molecule has 2 aromatic carbocycles. The summed E-state index contributed by atoms with van der Waals surface area (Å²) < 4.78 is 52.3. The summed E-state index contributed by atoms with van der Waals surface area (Å²) in [7, 11) is -2.75. The number of amides is 1. The minimum Gasteiger partial charge on any atom is -0.495 e. The molecule has 2 N–H and O–H groups in total. The van der Waals surface area contributed by atoms with Crippen molar-refractivity contribution in [1.29, 1.82) is 0 Å². The van der Waals surface area contributed by atoms with Gasteiger partial charge in [0.2, 0.25) is 15.9 Å². The van der Waals surface area contributed by atoms with Gasteiger partial charge in [0, 0.05) is 18.5 Å². The number of hydrogen-bond acceptors (Lipinski definition) is 6. The molecule has 1 aliphatic heterocycles. The maximum atomic E-state index is 13.8. The lowest BCUT2D eigenvalue weighted by atomic mass is 10.0. The molecule has 0 aliphatic carbocycles. The number of aromatic nitrogens is 1. The van der Waals surface area contributed by atoms with Crippen molar-refractivity contribution < 1.29 is 27.1 Å². The van der Waals surface area contributed by atoms with Crippen LogP contribution >= 0.6 is 0 Å². The minimum absolute atomic E-state index is 0.0456. The average Bonchev–Trinajstić information content (AvgIpc) is 2.78. The van der Waals surface area contributed by atoms with Crippen LogP contribution in [0.3, 0.4) is 0 Å². The second-order valence-electron chi connectivity index (χ2n) is 6.99. The molecule has 10 heteroatoms. The van der Waals surface area contributed by atoms with Crippen molar-refractivity contribution >= 4 is 26.8 Å². The van der Waals surface area contributed by atoms with E-state index in [1.54, 1.807) is 24.3 Å². The molecule has 1 aliphatic rings. The molecular weight excluding hydrogens is 425 g/mol. The van der Waals surface area contributed by atoms with Crippen LogP contribution in [0.15, 0.2) is 53.4 Å². The van der Waals surface area contributed by atoms with E-state index in [9.17, 15) is 17.6 Å². The van der Waals surface area contributed by atoms with Gasteiger partial charge in [0.05, 0.1) is 30.5 Å². The van der Waals surface area contributed by atoms with Crippen molar-refractivity contribution in [3.63, 3.8) is 0 Å². The van der Waals surface area contributed by atoms with Crippen molar-refractivity contribution in [3.8, 4) is 5.75 Å². The molecule has 1 atom stereocenters. The largest absolute Gasteiger partial charge is 0.495 e. The lowest BCUT2D eigenvalue weighted by molar-refractivity contribution is -0.00483. The fourth-order valence-electron chi connectivity index (χ4n) is 3.58. The number of hydrogen-bond donors (Lipinski definition) is 1. The highest BCUT2D eigenvalue weighted by Crippen LogP contribution is 2.32. The number of halogens is 1. The number of morpholine rings is 1. The molecule has 0 unspecified atom stereocenters. The molecular formula is C21H20FN3O5S. The van der Waals surface area contributed by atoms with Crippen molar-refractivity contribution in [1.82, 2.24) is 9.29 Å². The van der Waals surface area contributed by atoms with Gasteiger partial charge in [0.1, 0.15) is 22.6 Å². The van der Waals surface area contributed by atoms with Crippen LogP contribution in [0.5, 0.6) is 5.75 Å². The number of rotatable bonds is 5. The van der Waals surface area contributed by atoms with Crippen LogP contribution in [0.2, 0.25) is 0 Å². The molecule has 1 saturated heterocycles. The maximum Gasteiger partial charge on any atom is 0.249 e. The minimum atomic E-state index is -4.07. The number of benzene rings is 2. The third-order valence-electron chi connectivity index (χ3n) is 5.10. The molecule has 2 heterocycles. The van der Waals surface area contributed by atoms with Crippen LogP contribution in [0, 0.1) is 5.82 Å². The van der Waals surface area contributed by atoms with Gasteiger partial charge >= 0.3 is 0 Å². The van der Waals surface area contributed by atoms with Crippen molar-refractivity contribution in [3.05, 3.63) is 65.6 Å². The SMILES string of the molecule is COc1ccc(F)cc1S(=O)(=O)N1CCO[C@H](c2cc(C(N)=O)c3ccccc3n2)C1. The Morgan fingerprint density at radius 1 is 1.26 bits per heavy atom. The number of fused-ring (bicyclic) bond motifs is 1. The third-order valence-corrected chi connectivity index (χ3v) is 6.99. The standard InChI is InChI=1S/C21H20FN3O5S/c1-29-18-7-6-13(22)10-20(18)31(27,28)25-8-9-30-19(12-25)17-11-15(21(23)26)14-4-2-3-5-16(14)24-17/h2-7,10-11,19H,8-9,12H2,1H3,(H2,23,26)/t19-/m0/s1. The normalized spacial score (nSPS) is 17.5. The lowest BCUT2D eigenvalue weighted by Gasteiger charge is -2.32. The average molecular weight is 445 g/mol. The van der Waals surface area contributed by atoms with Gasteiger partial charge in [-0.05, 0) is 30.3 Å². The van der Waals surface area contributed by atoms with Gasteiger partial charge in [-0.1, -0.05) is 18.2 Å². The summed E-state index contributed by atoms with van der Waals surface area (Å²) >= 11 is 0.